The lowest BCUT2D eigenvalue weighted by atomic mass is 10.0. The number of nitrogens with one attached hydrogen (secondary N) is 1. The fourth-order valence-corrected chi connectivity index (χ4v) is 4.88. The minimum absolute atomic E-state index is 0.00531. The van der Waals surface area contributed by atoms with Crippen LogP contribution in [0, 0.1) is 0 Å². The predicted molar refractivity (Wildman–Crippen MR) is 131 cm³/mol. The number of H-pyrrole nitrogens is 1. The molecule has 2 aromatic heterocycles. The Morgan fingerprint density at radius 1 is 1.09 bits per heavy atom. The summed E-state index contributed by atoms with van der Waals surface area (Å²) in [5, 5.41) is 4.24. The van der Waals surface area contributed by atoms with Crippen molar-refractivity contribution < 1.29 is 14.0 Å². The molecular formula is C26H30N4O4. The van der Waals surface area contributed by atoms with Gasteiger partial charge in [0.15, 0.2) is 0 Å². The molecule has 1 saturated heterocycles. The topological polar surface area (TPSA) is 85.5 Å². The summed E-state index contributed by atoms with van der Waals surface area (Å²) in [5.74, 6) is 2.31. The molecule has 4 aromatic rings. The average Bonchev–Trinajstić information content (AvgIpc) is 3.47. The van der Waals surface area contributed by atoms with Gasteiger partial charge in [-0.25, -0.2) is 4.79 Å². The highest BCUT2D eigenvalue weighted by Gasteiger charge is 2.23. The van der Waals surface area contributed by atoms with Gasteiger partial charge < -0.3 is 23.9 Å². The average molecular weight is 463 g/mol. The molecule has 0 amide bonds. The molecule has 5 rings (SSSR count). The van der Waals surface area contributed by atoms with E-state index in [2.05, 4.69) is 15.0 Å². The second-order valence-electron chi connectivity index (χ2n) is 8.74. The Morgan fingerprint density at radius 2 is 1.91 bits per heavy atom. The van der Waals surface area contributed by atoms with E-state index in [9.17, 15) is 4.79 Å². The van der Waals surface area contributed by atoms with Gasteiger partial charge in [-0.1, -0.05) is 17.3 Å². The highest BCUT2D eigenvalue weighted by atomic mass is 16.5. The number of imidazole rings is 1. The van der Waals surface area contributed by atoms with Gasteiger partial charge in [-0.2, -0.15) is 0 Å². The SMILES string of the molecule is COc1ccc(-c2cc(CCCN3CCC(n4c(=O)[nH]c5ccccc54)CC3)on2)c(OC)c1. The molecule has 34 heavy (non-hydrogen) atoms. The minimum Gasteiger partial charge on any atom is -0.497 e. The van der Waals surface area contributed by atoms with Crippen molar-refractivity contribution in [3.8, 4) is 22.8 Å². The zero-order chi connectivity index (χ0) is 23.5. The Kier molecular flexibility index (Phi) is 6.40. The molecule has 2 aromatic carbocycles. The van der Waals surface area contributed by atoms with Gasteiger partial charge in [0, 0.05) is 43.2 Å². The van der Waals surface area contributed by atoms with Gasteiger partial charge in [-0.15, -0.1) is 0 Å². The number of aromatic amines is 1. The number of hydrogen-bond acceptors (Lipinski definition) is 6. The van der Waals surface area contributed by atoms with Crippen LogP contribution >= 0.6 is 0 Å². The number of ether oxygens (including phenoxy) is 2. The molecule has 1 aliphatic heterocycles. The van der Waals surface area contributed by atoms with Crippen molar-refractivity contribution in [2.45, 2.75) is 31.7 Å². The smallest absolute Gasteiger partial charge is 0.326 e. The van der Waals surface area contributed by atoms with Crippen molar-refractivity contribution in [2.24, 2.45) is 0 Å². The van der Waals surface area contributed by atoms with Crippen molar-refractivity contribution >= 4 is 11.0 Å². The van der Waals surface area contributed by atoms with E-state index in [1.165, 1.54) is 0 Å². The van der Waals surface area contributed by atoms with Gasteiger partial charge in [0.1, 0.15) is 23.0 Å². The van der Waals surface area contributed by atoms with Crippen molar-refractivity contribution in [1.82, 2.24) is 19.6 Å². The normalized spacial score (nSPS) is 15.1. The van der Waals surface area contributed by atoms with E-state index in [1.54, 1.807) is 14.2 Å². The van der Waals surface area contributed by atoms with Crippen LogP contribution in [-0.4, -0.2) is 53.5 Å². The van der Waals surface area contributed by atoms with Crippen LogP contribution < -0.4 is 15.2 Å². The highest BCUT2D eigenvalue weighted by molar-refractivity contribution is 5.75. The number of nitrogens with zero attached hydrogens (tertiary/aromatic N) is 3. The van der Waals surface area contributed by atoms with Gasteiger partial charge in [-0.05, 0) is 50.1 Å². The third-order valence-corrected chi connectivity index (χ3v) is 6.69. The third-order valence-electron chi connectivity index (χ3n) is 6.69. The zero-order valence-electron chi connectivity index (χ0n) is 19.6. The Hall–Kier alpha value is -3.52. The Labute approximate surface area is 198 Å². The maximum atomic E-state index is 12.5. The number of hydrogen-bond donors (Lipinski definition) is 1. The summed E-state index contributed by atoms with van der Waals surface area (Å²) in [6, 6.07) is 15.8. The summed E-state index contributed by atoms with van der Waals surface area (Å²) in [6.45, 7) is 2.97. The fraction of sp³-hybridized carbons (Fsp3) is 0.385. The van der Waals surface area contributed by atoms with Crippen molar-refractivity contribution in [2.75, 3.05) is 33.9 Å². The number of para-hydroxylation sites is 2. The third kappa shape index (κ3) is 4.46. The number of piperidine rings is 1. The Morgan fingerprint density at radius 3 is 2.71 bits per heavy atom. The molecule has 0 bridgehead atoms. The first-order chi connectivity index (χ1) is 16.7. The molecule has 8 nitrogen and oxygen atoms in total. The number of methoxy groups -OCH3 is 2. The summed E-state index contributed by atoms with van der Waals surface area (Å²) < 4.78 is 18.3. The van der Waals surface area contributed by atoms with Gasteiger partial charge in [-0.3, -0.25) is 4.57 Å². The van der Waals surface area contributed by atoms with Crippen molar-refractivity contribution in [1.29, 1.82) is 0 Å². The second kappa shape index (κ2) is 9.77. The first-order valence-corrected chi connectivity index (χ1v) is 11.8. The molecule has 8 heteroatoms. The van der Waals surface area contributed by atoms with Gasteiger partial charge >= 0.3 is 5.69 Å². The van der Waals surface area contributed by atoms with Crippen LogP contribution in [0.25, 0.3) is 22.3 Å². The molecular weight excluding hydrogens is 432 g/mol. The van der Waals surface area contributed by atoms with E-state index in [0.29, 0.717) is 5.75 Å². The lowest BCUT2D eigenvalue weighted by Crippen LogP contribution is -2.37. The summed E-state index contributed by atoms with van der Waals surface area (Å²) in [5.41, 5.74) is 3.55. The van der Waals surface area contributed by atoms with Crippen LogP contribution in [0.5, 0.6) is 11.5 Å². The van der Waals surface area contributed by atoms with Crippen LogP contribution in [0.4, 0.5) is 0 Å². The quantitative estimate of drug-likeness (QED) is 0.421. The van der Waals surface area contributed by atoms with Crippen LogP contribution in [0.2, 0.25) is 0 Å². The predicted octanol–water partition coefficient (Wildman–Crippen LogP) is 4.27. The molecule has 178 valence electrons. The summed E-state index contributed by atoms with van der Waals surface area (Å²) in [7, 11) is 3.27. The molecule has 1 fully saturated rings. The largest absolute Gasteiger partial charge is 0.497 e. The molecule has 0 atom stereocenters. The summed E-state index contributed by atoms with van der Waals surface area (Å²) in [4.78, 5) is 17.9. The van der Waals surface area contributed by atoms with E-state index in [-0.39, 0.29) is 11.7 Å². The summed E-state index contributed by atoms with van der Waals surface area (Å²) >= 11 is 0. The number of benzene rings is 2. The van der Waals surface area contributed by atoms with Crippen LogP contribution in [-0.2, 0) is 6.42 Å². The Bertz CT molecular complexity index is 1310. The van der Waals surface area contributed by atoms with Gasteiger partial charge in [0.2, 0.25) is 0 Å². The Balaban J connectivity index is 1.14. The maximum absolute atomic E-state index is 12.5. The number of aryl methyl sites for hydroxylation is 1. The number of aromatic nitrogens is 3. The van der Waals surface area contributed by atoms with Gasteiger partial charge in [0.05, 0.1) is 25.3 Å². The van der Waals surface area contributed by atoms with Gasteiger partial charge in [0.25, 0.3) is 0 Å². The lowest BCUT2D eigenvalue weighted by Gasteiger charge is -2.32. The fourth-order valence-electron chi connectivity index (χ4n) is 4.88. The molecule has 0 spiro atoms. The highest BCUT2D eigenvalue weighted by Crippen LogP contribution is 2.33. The number of likely N-dealkylation sites (tertiary alicyclic amines) is 1. The van der Waals surface area contributed by atoms with E-state index in [1.807, 2.05) is 53.1 Å². The van der Waals surface area contributed by atoms with Crippen LogP contribution in [0.1, 0.15) is 31.1 Å². The molecule has 0 unspecified atom stereocenters. The molecule has 0 saturated carbocycles. The number of fused-ring (bicyclic) bond motifs is 1. The maximum Gasteiger partial charge on any atom is 0.326 e. The minimum atomic E-state index is -0.00531. The lowest BCUT2D eigenvalue weighted by molar-refractivity contribution is 0.184. The zero-order valence-corrected chi connectivity index (χ0v) is 19.6. The molecule has 1 aliphatic rings. The first kappa shape index (κ1) is 22.3. The second-order valence-corrected chi connectivity index (χ2v) is 8.74. The molecule has 0 radical (unpaired) electrons. The van der Waals surface area contributed by atoms with Crippen LogP contribution in [0.3, 0.4) is 0 Å². The molecule has 3 heterocycles. The van der Waals surface area contributed by atoms with Crippen molar-refractivity contribution in [3.05, 3.63) is 64.8 Å². The molecule has 1 N–H and O–H groups in total. The summed E-state index contributed by atoms with van der Waals surface area (Å²) in [6.07, 6.45) is 3.77. The van der Waals surface area contributed by atoms with E-state index in [4.69, 9.17) is 14.0 Å². The molecule has 0 aliphatic carbocycles. The standard InChI is InChI=1S/C26H30N4O4/c1-32-19-9-10-21(25(17-19)33-2)23-16-20(34-28-23)6-5-13-29-14-11-18(12-15-29)30-24-8-4-3-7-22(24)27-26(30)31/h3-4,7-10,16-18H,5-6,11-15H2,1-2H3,(H,27,31). The van der Waals surface area contributed by atoms with E-state index in [0.717, 1.165) is 79.1 Å². The first-order valence-electron chi connectivity index (χ1n) is 11.8. The van der Waals surface area contributed by atoms with Crippen LogP contribution in [0.15, 0.2) is 57.8 Å². The van der Waals surface area contributed by atoms with E-state index < -0.39 is 0 Å². The monoisotopic (exact) mass is 462 g/mol. The van der Waals surface area contributed by atoms with E-state index >= 15 is 0 Å². The number of rotatable bonds is 8. The van der Waals surface area contributed by atoms with Crippen molar-refractivity contribution in [3.63, 3.8) is 0 Å².